The lowest BCUT2D eigenvalue weighted by atomic mass is 10.1. The second-order valence-electron chi connectivity index (χ2n) is 4.76. The summed E-state index contributed by atoms with van der Waals surface area (Å²) >= 11 is 5.63. The molecule has 1 amide bonds. The average Bonchev–Trinajstić information content (AvgIpc) is 2.51. The van der Waals surface area contributed by atoms with Gasteiger partial charge in [0.05, 0.1) is 17.2 Å². The molecule has 0 bridgehead atoms. The Morgan fingerprint density at radius 1 is 1.18 bits per heavy atom. The number of hydrogen-bond acceptors (Lipinski definition) is 3. The second-order valence-corrected chi connectivity index (χ2v) is 5.17. The minimum atomic E-state index is -0.687. The highest BCUT2D eigenvalue weighted by atomic mass is 35.5. The summed E-state index contributed by atoms with van der Waals surface area (Å²) in [6.45, 7) is 0.307. The second kappa shape index (κ2) is 7.24. The van der Waals surface area contributed by atoms with Gasteiger partial charge in [0.1, 0.15) is 11.6 Å². The standard InChI is InChI=1S/C16H15ClFNO3/c17-14-8-12(18)7-13(15(14)21)16(22)19-6-5-10-1-3-11(9-20)4-2-10/h1-4,7-8,20-21H,5-6,9H2,(H,19,22). The van der Waals surface area contributed by atoms with Gasteiger partial charge in [-0.3, -0.25) is 4.79 Å². The molecule has 0 unspecified atom stereocenters. The lowest BCUT2D eigenvalue weighted by Gasteiger charge is -2.08. The first-order chi connectivity index (χ1) is 10.5. The van der Waals surface area contributed by atoms with Crippen molar-refractivity contribution in [2.75, 3.05) is 6.54 Å². The van der Waals surface area contributed by atoms with Crippen LogP contribution in [0.4, 0.5) is 4.39 Å². The van der Waals surface area contributed by atoms with Crippen LogP contribution in [0.15, 0.2) is 36.4 Å². The summed E-state index contributed by atoms with van der Waals surface area (Å²) in [5, 5.41) is 21.0. The molecule has 4 nitrogen and oxygen atoms in total. The molecule has 0 spiro atoms. The summed E-state index contributed by atoms with van der Waals surface area (Å²) in [6, 6.07) is 9.19. The molecule has 0 aliphatic heterocycles. The predicted molar refractivity (Wildman–Crippen MR) is 81.5 cm³/mol. The highest BCUT2D eigenvalue weighted by Crippen LogP contribution is 2.28. The molecule has 0 aliphatic rings. The predicted octanol–water partition coefficient (Wildman–Crippen LogP) is 2.65. The van der Waals surface area contributed by atoms with E-state index in [0.717, 1.165) is 23.3 Å². The zero-order chi connectivity index (χ0) is 16.1. The van der Waals surface area contributed by atoms with Crippen LogP contribution in [-0.4, -0.2) is 22.7 Å². The number of benzene rings is 2. The Morgan fingerprint density at radius 3 is 2.45 bits per heavy atom. The molecule has 2 aromatic rings. The zero-order valence-corrected chi connectivity index (χ0v) is 12.4. The molecule has 116 valence electrons. The third-order valence-corrected chi connectivity index (χ3v) is 3.47. The van der Waals surface area contributed by atoms with Gasteiger partial charge in [-0.2, -0.15) is 0 Å². The van der Waals surface area contributed by atoms with Crippen molar-refractivity contribution in [2.24, 2.45) is 0 Å². The number of phenolic OH excluding ortho intramolecular Hbond substituents is 1. The first kappa shape index (κ1) is 16.3. The fourth-order valence-electron chi connectivity index (χ4n) is 1.97. The maximum absolute atomic E-state index is 13.2. The molecular weight excluding hydrogens is 309 g/mol. The van der Waals surface area contributed by atoms with E-state index in [9.17, 15) is 14.3 Å². The highest BCUT2D eigenvalue weighted by molar-refractivity contribution is 6.32. The summed E-state index contributed by atoms with van der Waals surface area (Å²) in [7, 11) is 0. The summed E-state index contributed by atoms with van der Waals surface area (Å²) in [5.74, 6) is -1.72. The van der Waals surface area contributed by atoms with Crippen LogP contribution >= 0.6 is 11.6 Å². The van der Waals surface area contributed by atoms with E-state index >= 15 is 0 Å². The number of aromatic hydroxyl groups is 1. The maximum atomic E-state index is 13.2. The fourth-order valence-corrected chi connectivity index (χ4v) is 2.17. The van der Waals surface area contributed by atoms with Gasteiger partial charge < -0.3 is 15.5 Å². The summed E-state index contributed by atoms with van der Waals surface area (Å²) in [5.41, 5.74) is 1.60. The quantitative estimate of drug-likeness (QED) is 0.792. The Labute approximate surface area is 132 Å². The molecule has 0 fully saturated rings. The number of amides is 1. The number of halogens is 2. The number of phenols is 1. The van der Waals surface area contributed by atoms with Crippen LogP contribution in [0, 0.1) is 5.82 Å². The molecule has 0 aromatic heterocycles. The molecule has 0 heterocycles. The smallest absolute Gasteiger partial charge is 0.255 e. The minimum Gasteiger partial charge on any atom is -0.506 e. The van der Waals surface area contributed by atoms with Gasteiger partial charge in [0.15, 0.2) is 0 Å². The van der Waals surface area contributed by atoms with Crippen LogP contribution in [0.5, 0.6) is 5.75 Å². The molecular formula is C16H15ClFNO3. The number of hydrogen-bond donors (Lipinski definition) is 3. The Bertz CT molecular complexity index is 674. The van der Waals surface area contributed by atoms with Crippen molar-refractivity contribution in [1.82, 2.24) is 5.32 Å². The highest BCUT2D eigenvalue weighted by Gasteiger charge is 2.15. The molecule has 3 N–H and O–H groups in total. The molecule has 0 radical (unpaired) electrons. The molecule has 2 rings (SSSR count). The van der Waals surface area contributed by atoms with E-state index in [4.69, 9.17) is 16.7 Å². The van der Waals surface area contributed by atoms with E-state index < -0.39 is 17.5 Å². The van der Waals surface area contributed by atoms with Gasteiger partial charge in [-0.15, -0.1) is 0 Å². The SMILES string of the molecule is O=C(NCCc1ccc(CO)cc1)c1cc(F)cc(Cl)c1O. The Balaban J connectivity index is 1.95. The van der Waals surface area contributed by atoms with Crippen molar-refractivity contribution in [2.45, 2.75) is 13.0 Å². The molecule has 0 saturated heterocycles. The zero-order valence-electron chi connectivity index (χ0n) is 11.6. The lowest BCUT2D eigenvalue weighted by Crippen LogP contribution is -2.26. The average molecular weight is 324 g/mol. The lowest BCUT2D eigenvalue weighted by molar-refractivity contribution is 0.0951. The van der Waals surface area contributed by atoms with E-state index in [2.05, 4.69) is 5.32 Å². The minimum absolute atomic E-state index is 0.0172. The van der Waals surface area contributed by atoms with Crippen molar-refractivity contribution in [1.29, 1.82) is 0 Å². The topological polar surface area (TPSA) is 69.6 Å². The Morgan fingerprint density at radius 2 is 1.82 bits per heavy atom. The van der Waals surface area contributed by atoms with Crippen molar-refractivity contribution in [3.63, 3.8) is 0 Å². The molecule has 0 atom stereocenters. The summed E-state index contributed by atoms with van der Waals surface area (Å²) in [4.78, 5) is 11.9. The van der Waals surface area contributed by atoms with Crippen LogP contribution in [-0.2, 0) is 13.0 Å². The third-order valence-electron chi connectivity index (χ3n) is 3.18. The van der Waals surface area contributed by atoms with E-state index in [1.165, 1.54) is 0 Å². The van der Waals surface area contributed by atoms with E-state index in [-0.39, 0.29) is 17.2 Å². The number of nitrogens with one attached hydrogen (secondary N) is 1. The van der Waals surface area contributed by atoms with Gasteiger partial charge in [0.25, 0.3) is 5.91 Å². The number of aliphatic hydroxyl groups is 1. The van der Waals surface area contributed by atoms with E-state index in [1.807, 2.05) is 12.1 Å². The van der Waals surface area contributed by atoms with Crippen LogP contribution in [0.25, 0.3) is 0 Å². The van der Waals surface area contributed by atoms with Crippen LogP contribution in [0.3, 0.4) is 0 Å². The largest absolute Gasteiger partial charge is 0.506 e. The van der Waals surface area contributed by atoms with Crippen LogP contribution < -0.4 is 5.32 Å². The van der Waals surface area contributed by atoms with Crippen LogP contribution in [0.1, 0.15) is 21.5 Å². The van der Waals surface area contributed by atoms with Gasteiger partial charge in [-0.05, 0) is 29.7 Å². The number of carbonyl (C=O) groups excluding carboxylic acids is 1. The Hall–Kier alpha value is -2.11. The van der Waals surface area contributed by atoms with Gasteiger partial charge >= 0.3 is 0 Å². The van der Waals surface area contributed by atoms with Crippen LogP contribution in [0.2, 0.25) is 5.02 Å². The maximum Gasteiger partial charge on any atom is 0.255 e. The monoisotopic (exact) mass is 323 g/mol. The number of aliphatic hydroxyl groups excluding tert-OH is 1. The van der Waals surface area contributed by atoms with Gasteiger partial charge in [-0.1, -0.05) is 35.9 Å². The molecule has 6 heteroatoms. The molecule has 0 saturated carbocycles. The fraction of sp³-hybridized carbons (Fsp3) is 0.188. The summed E-state index contributed by atoms with van der Waals surface area (Å²) in [6.07, 6.45) is 0.571. The van der Waals surface area contributed by atoms with Crippen molar-refractivity contribution in [3.8, 4) is 5.75 Å². The normalized spacial score (nSPS) is 10.5. The molecule has 22 heavy (non-hydrogen) atoms. The van der Waals surface area contributed by atoms with E-state index in [0.29, 0.717) is 13.0 Å². The van der Waals surface area contributed by atoms with E-state index in [1.54, 1.807) is 12.1 Å². The van der Waals surface area contributed by atoms with Gasteiger partial charge in [-0.25, -0.2) is 4.39 Å². The van der Waals surface area contributed by atoms with Crippen molar-refractivity contribution in [3.05, 3.63) is 63.9 Å². The number of rotatable bonds is 5. The van der Waals surface area contributed by atoms with Crippen molar-refractivity contribution < 1.29 is 19.4 Å². The van der Waals surface area contributed by atoms with Gasteiger partial charge in [0.2, 0.25) is 0 Å². The Kier molecular flexibility index (Phi) is 5.35. The first-order valence-corrected chi connectivity index (χ1v) is 7.04. The van der Waals surface area contributed by atoms with Crippen molar-refractivity contribution >= 4 is 17.5 Å². The third kappa shape index (κ3) is 3.96. The number of carbonyl (C=O) groups is 1. The molecule has 2 aromatic carbocycles. The summed E-state index contributed by atoms with van der Waals surface area (Å²) < 4.78 is 13.2. The first-order valence-electron chi connectivity index (χ1n) is 6.66. The molecule has 0 aliphatic carbocycles. The van der Waals surface area contributed by atoms with Gasteiger partial charge in [0, 0.05) is 6.54 Å².